The van der Waals surface area contributed by atoms with E-state index in [0.717, 1.165) is 13.1 Å². The molecule has 2 heteroatoms. The first-order chi connectivity index (χ1) is 5.88. The maximum atomic E-state index is 4.54. The van der Waals surface area contributed by atoms with Crippen LogP contribution in [-0.4, -0.2) is 30.4 Å². The summed E-state index contributed by atoms with van der Waals surface area (Å²) >= 11 is 0. The molecule has 0 aromatic heterocycles. The van der Waals surface area contributed by atoms with Gasteiger partial charge in [0.2, 0.25) is 0 Å². The van der Waals surface area contributed by atoms with Crippen molar-refractivity contribution in [3.05, 3.63) is 0 Å². The Bertz CT molecular complexity index is 152. The summed E-state index contributed by atoms with van der Waals surface area (Å²) in [6.07, 6.45) is 5.24. The summed E-state index contributed by atoms with van der Waals surface area (Å²) < 4.78 is 0. The highest BCUT2D eigenvalue weighted by molar-refractivity contribution is 5.82. The van der Waals surface area contributed by atoms with E-state index in [1.54, 1.807) is 0 Å². The first-order valence-corrected chi connectivity index (χ1v) is 5.16. The molecule has 0 atom stereocenters. The van der Waals surface area contributed by atoms with Crippen LogP contribution in [0.15, 0.2) is 4.99 Å². The van der Waals surface area contributed by atoms with E-state index in [2.05, 4.69) is 23.7 Å². The molecule has 1 fully saturated rings. The molecule has 1 saturated heterocycles. The van der Waals surface area contributed by atoms with Crippen LogP contribution in [0.5, 0.6) is 0 Å². The Morgan fingerprint density at radius 3 is 2.75 bits per heavy atom. The summed E-state index contributed by atoms with van der Waals surface area (Å²) in [4.78, 5) is 6.97. The second-order valence-corrected chi connectivity index (χ2v) is 3.28. The molecule has 70 valence electrons. The van der Waals surface area contributed by atoms with Gasteiger partial charge in [-0.15, -0.1) is 0 Å². The van der Waals surface area contributed by atoms with Crippen molar-refractivity contribution in [3.63, 3.8) is 0 Å². The predicted octanol–water partition coefficient (Wildman–Crippen LogP) is 2.30. The van der Waals surface area contributed by atoms with Gasteiger partial charge in [0.1, 0.15) is 0 Å². The van der Waals surface area contributed by atoms with Crippen LogP contribution in [0.1, 0.15) is 39.5 Å². The molecule has 1 aliphatic heterocycles. The fraction of sp³-hybridized carbons (Fsp3) is 0.900. The third-order valence-electron chi connectivity index (χ3n) is 2.42. The second-order valence-electron chi connectivity index (χ2n) is 3.28. The number of hydrogen-bond donors (Lipinski definition) is 0. The van der Waals surface area contributed by atoms with Crippen LogP contribution in [0.25, 0.3) is 0 Å². The zero-order chi connectivity index (χ0) is 8.81. The lowest BCUT2D eigenvalue weighted by atomic mass is 10.2. The zero-order valence-corrected chi connectivity index (χ0v) is 8.34. The third-order valence-corrected chi connectivity index (χ3v) is 2.42. The lowest BCUT2D eigenvalue weighted by molar-refractivity contribution is 0.434. The van der Waals surface area contributed by atoms with E-state index in [1.165, 1.54) is 38.1 Å². The minimum Gasteiger partial charge on any atom is -0.361 e. The van der Waals surface area contributed by atoms with Crippen molar-refractivity contribution < 1.29 is 0 Å². The smallest absolute Gasteiger partial charge is 0.0988 e. The van der Waals surface area contributed by atoms with Gasteiger partial charge in [-0.05, 0) is 26.7 Å². The summed E-state index contributed by atoms with van der Waals surface area (Å²) in [5, 5.41) is 0. The topological polar surface area (TPSA) is 15.6 Å². The van der Waals surface area contributed by atoms with E-state index in [1.807, 2.05) is 0 Å². The van der Waals surface area contributed by atoms with E-state index in [9.17, 15) is 0 Å². The molecular weight excluding hydrogens is 148 g/mol. The number of aliphatic imine (C=N–C) groups is 1. The van der Waals surface area contributed by atoms with Gasteiger partial charge < -0.3 is 4.90 Å². The Labute approximate surface area is 75.7 Å². The highest BCUT2D eigenvalue weighted by Crippen LogP contribution is 2.11. The molecule has 2 nitrogen and oxygen atoms in total. The average molecular weight is 168 g/mol. The van der Waals surface area contributed by atoms with Crippen LogP contribution >= 0.6 is 0 Å². The summed E-state index contributed by atoms with van der Waals surface area (Å²) in [6.45, 7) is 7.61. The van der Waals surface area contributed by atoms with E-state index >= 15 is 0 Å². The van der Waals surface area contributed by atoms with E-state index in [-0.39, 0.29) is 0 Å². The van der Waals surface area contributed by atoms with Crippen LogP contribution in [0.4, 0.5) is 0 Å². The summed E-state index contributed by atoms with van der Waals surface area (Å²) in [7, 11) is 0. The normalized spacial score (nSPS) is 22.8. The largest absolute Gasteiger partial charge is 0.361 e. The minimum absolute atomic E-state index is 0.936. The Morgan fingerprint density at radius 1 is 1.25 bits per heavy atom. The van der Waals surface area contributed by atoms with Gasteiger partial charge in [0.15, 0.2) is 0 Å². The fourth-order valence-corrected chi connectivity index (χ4v) is 1.75. The van der Waals surface area contributed by atoms with Crippen LogP contribution in [-0.2, 0) is 0 Å². The molecule has 0 N–H and O–H groups in total. The van der Waals surface area contributed by atoms with Gasteiger partial charge in [-0.3, -0.25) is 4.99 Å². The van der Waals surface area contributed by atoms with E-state index in [0.29, 0.717) is 0 Å². The van der Waals surface area contributed by atoms with E-state index in [4.69, 9.17) is 0 Å². The van der Waals surface area contributed by atoms with Crippen molar-refractivity contribution in [3.8, 4) is 0 Å². The van der Waals surface area contributed by atoms with Crippen LogP contribution in [0.3, 0.4) is 0 Å². The number of hydrogen-bond acceptors (Lipinski definition) is 1. The monoisotopic (exact) mass is 168 g/mol. The maximum Gasteiger partial charge on any atom is 0.0988 e. The van der Waals surface area contributed by atoms with Gasteiger partial charge in [-0.25, -0.2) is 0 Å². The van der Waals surface area contributed by atoms with Crippen LogP contribution < -0.4 is 0 Å². The molecule has 0 aromatic carbocycles. The third kappa shape index (κ3) is 2.50. The van der Waals surface area contributed by atoms with Crippen molar-refractivity contribution in [2.45, 2.75) is 39.5 Å². The van der Waals surface area contributed by atoms with Crippen molar-refractivity contribution in [1.29, 1.82) is 0 Å². The SMILES string of the molecule is CCN=C1CCCCCN1CC. The second kappa shape index (κ2) is 5.18. The molecule has 0 aromatic rings. The first-order valence-electron chi connectivity index (χ1n) is 5.16. The van der Waals surface area contributed by atoms with Crippen molar-refractivity contribution in [1.82, 2.24) is 4.90 Å². The lowest BCUT2D eigenvalue weighted by Gasteiger charge is -2.21. The number of amidine groups is 1. The van der Waals surface area contributed by atoms with Gasteiger partial charge in [0.25, 0.3) is 0 Å². The number of rotatable bonds is 2. The van der Waals surface area contributed by atoms with Crippen molar-refractivity contribution in [2.75, 3.05) is 19.6 Å². The molecule has 0 bridgehead atoms. The molecule has 0 amide bonds. The standard InChI is InChI=1S/C10H20N2/c1-3-11-10-8-6-5-7-9-12(10)4-2/h3-9H2,1-2H3. The number of likely N-dealkylation sites (tertiary alicyclic amines) is 1. The fourth-order valence-electron chi connectivity index (χ4n) is 1.75. The predicted molar refractivity (Wildman–Crippen MR) is 53.7 cm³/mol. The van der Waals surface area contributed by atoms with Gasteiger partial charge in [0.05, 0.1) is 5.84 Å². The molecule has 0 saturated carbocycles. The highest BCUT2D eigenvalue weighted by atomic mass is 15.2. The Morgan fingerprint density at radius 2 is 2.08 bits per heavy atom. The average Bonchev–Trinajstić information content (AvgIpc) is 2.30. The summed E-state index contributed by atoms with van der Waals surface area (Å²) in [5.41, 5.74) is 0. The summed E-state index contributed by atoms with van der Waals surface area (Å²) in [5.74, 6) is 1.34. The van der Waals surface area contributed by atoms with Gasteiger partial charge in [-0.2, -0.15) is 0 Å². The molecule has 1 rings (SSSR count). The number of nitrogens with zero attached hydrogens (tertiary/aromatic N) is 2. The molecule has 0 radical (unpaired) electrons. The summed E-state index contributed by atoms with van der Waals surface area (Å²) in [6, 6.07) is 0. The van der Waals surface area contributed by atoms with Crippen LogP contribution in [0.2, 0.25) is 0 Å². The molecule has 0 aliphatic carbocycles. The van der Waals surface area contributed by atoms with Crippen molar-refractivity contribution in [2.24, 2.45) is 4.99 Å². The van der Waals surface area contributed by atoms with E-state index < -0.39 is 0 Å². The quantitative estimate of drug-likeness (QED) is 0.617. The molecule has 0 spiro atoms. The van der Waals surface area contributed by atoms with Gasteiger partial charge in [-0.1, -0.05) is 6.42 Å². The van der Waals surface area contributed by atoms with Gasteiger partial charge >= 0.3 is 0 Å². The Kier molecular flexibility index (Phi) is 4.12. The molecule has 1 heterocycles. The Hall–Kier alpha value is -0.530. The molecule has 0 unspecified atom stereocenters. The minimum atomic E-state index is 0.936. The lowest BCUT2D eigenvalue weighted by Crippen LogP contribution is -2.30. The first kappa shape index (κ1) is 9.56. The zero-order valence-electron chi connectivity index (χ0n) is 8.34. The molecule has 1 aliphatic rings. The molecule has 12 heavy (non-hydrogen) atoms. The van der Waals surface area contributed by atoms with Gasteiger partial charge in [0, 0.05) is 26.1 Å². The van der Waals surface area contributed by atoms with Crippen LogP contribution in [0, 0.1) is 0 Å². The van der Waals surface area contributed by atoms with Crippen molar-refractivity contribution >= 4 is 5.84 Å². The maximum absolute atomic E-state index is 4.54. The Balaban J connectivity index is 2.57. The molecular formula is C10H20N2. The highest BCUT2D eigenvalue weighted by Gasteiger charge is 2.11.